The van der Waals surface area contributed by atoms with Crippen molar-refractivity contribution in [2.45, 2.75) is 39.3 Å². The first-order valence-corrected chi connectivity index (χ1v) is 8.01. The lowest BCUT2D eigenvalue weighted by Gasteiger charge is -2.19. The molecule has 0 heterocycles. The third kappa shape index (κ3) is 4.14. The van der Waals surface area contributed by atoms with Crippen molar-refractivity contribution >= 4 is 35.1 Å². The molecule has 1 aromatic carbocycles. The fourth-order valence-corrected chi connectivity index (χ4v) is 2.80. The molecule has 0 bridgehead atoms. The second-order valence-electron chi connectivity index (χ2n) is 5.79. The largest absolute Gasteiger partial charge is 0.452 e. The van der Waals surface area contributed by atoms with Crippen LogP contribution in [0.4, 0.5) is 0 Å². The average molecular weight is 344 g/mol. The van der Waals surface area contributed by atoms with E-state index in [1.165, 1.54) is 0 Å². The summed E-state index contributed by atoms with van der Waals surface area (Å²) in [5, 5.41) is 3.81. The minimum absolute atomic E-state index is 0.0571. The summed E-state index contributed by atoms with van der Waals surface area (Å²) in [5.74, 6) is -0.347. The molecule has 22 heavy (non-hydrogen) atoms. The van der Waals surface area contributed by atoms with Crippen molar-refractivity contribution in [2.24, 2.45) is 11.8 Å². The third-order valence-electron chi connectivity index (χ3n) is 3.86. The van der Waals surface area contributed by atoms with E-state index in [0.29, 0.717) is 16.0 Å². The highest BCUT2D eigenvalue weighted by Crippen LogP contribution is 2.38. The van der Waals surface area contributed by atoms with Crippen molar-refractivity contribution in [3.8, 4) is 0 Å². The van der Waals surface area contributed by atoms with Gasteiger partial charge < -0.3 is 10.1 Å². The summed E-state index contributed by atoms with van der Waals surface area (Å²) in [6.45, 7) is 5.36. The standard InChI is InChI=1S/C16H19Cl2NO3/c1-8-6-13(8)16(21)22-10(3)15(20)19-9(2)12-5-4-11(17)7-14(12)18/h4-5,7-10,13H,6H2,1-3H3,(H,19,20)/t8-,9+,10+,13-/m1/s1. The van der Waals surface area contributed by atoms with Gasteiger partial charge >= 0.3 is 5.97 Å². The van der Waals surface area contributed by atoms with Crippen molar-refractivity contribution in [1.82, 2.24) is 5.32 Å². The van der Waals surface area contributed by atoms with Crippen LogP contribution in [0, 0.1) is 11.8 Å². The highest BCUT2D eigenvalue weighted by Gasteiger charge is 2.41. The molecule has 0 spiro atoms. The Balaban J connectivity index is 1.91. The highest BCUT2D eigenvalue weighted by molar-refractivity contribution is 6.35. The molecular weight excluding hydrogens is 325 g/mol. The molecule has 120 valence electrons. The summed E-state index contributed by atoms with van der Waals surface area (Å²) in [4.78, 5) is 23.8. The predicted molar refractivity (Wildman–Crippen MR) is 85.8 cm³/mol. The number of esters is 1. The van der Waals surface area contributed by atoms with Crippen molar-refractivity contribution in [1.29, 1.82) is 0 Å². The Hall–Kier alpha value is -1.26. The molecule has 0 aliphatic heterocycles. The Bertz CT molecular complexity index is 591. The molecule has 4 nitrogen and oxygen atoms in total. The van der Waals surface area contributed by atoms with E-state index in [-0.39, 0.29) is 23.8 Å². The Morgan fingerprint density at radius 1 is 1.32 bits per heavy atom. The first-order chi connectivity index (χ1) is 10.3. The van der Waals surface area contributed by atoms with Crippen LogP contribution in [0.2, 0.25) is 10.0 Å². The lowest BCUT2D eigenvalue weighted by molar-refractivity contribution is -0.156. The fraction of sp³-hybridized carbons (Fsp3) is 0.500. The minimum Gasteiger partial charge on any atom is -0.452 e. The quantitative estimate of drug-likeness (QED) is 0.828. The van der Waals surface area contributed by atoms with Gasteiger partial charge in [0.25, 0.3) is 5.91 Å². The predicted octanol–water partition coefficient (Wildman–Crippen LogP) is 3.76. The van der Waals surface area contributed by atoms with Gasteiger partial charge in [-0.2, -0.15) is 0 Å². The Morgan fingerprint density at radius 3 is 2.50 bits per heavy atom. The first-order valence-electron chi connectivity index (χ1n) is 7.25. The summed E-state index contributed by atoms with van der Waals surface area (Å²) >= 11 is 12.0. The fourth-order valence-electron chi connectivity index (χ4n) is 2.23. The van der Waals surface area contributed by atoms with Crippen LogP contribution in [0.3, 0.4) is 0 Å². The summed E-state index contributed by atoms with van der Waals surface area (Å²) < 4.78 is 5.19. The third-order valence-corrected chi connectivity index (χ3v) is 4.42. The maximum absolute atomic E-state index is 12.1. The zero-order valence-electron chi connectivity index (χ0n) is 12.7. The van der Waals surface area contributed by atoms with Crippen LogP contribution < -0.4 is 5.32 Å². The smallest absolute Gasteiger partial charge is 0.309 e. The van der Waals surface area contributed by atoms with Gasteiger partial charge in [-0.05, 0) is 43.9 Å². The molecule has 1 amide bonds. The van der Waals surface area contributed by atoms with E-state index >= 15 is 0 Å². The molecule has 0 aromatic heterocycles. The van der Waals surface area contributed by atoms with Crippen LogP contribution >= 0.6 is 23.2 Å². The Kier molecular flexibility index (Phi) is 5.35. The monoisotopic (exact) mass is 343 g/mol. The minimum atomic E-state index is -0.825. The topological polar surface area (TPSA) is 55.4 Å². The van der Waals surface area contributed by atoms with Crippen LogP contribution in [-0.2, 0) is 14.3 Å². The number of halogens is 2. The van der Waals surface area contributed by atoms with E-state index in [2.05, 4.69) is 5.32 Å². The van der Waals surface area contributed by atoms with E-state index < -0.39 is 6.10 Å². The van der Waals surface area contributed by atoms with E-state index in [9.17, 15) is 9.59 Å². The SMILES string of the molecule is C[C@H](OC(=O)[C@@H]1C[C@H]1C)C(=O)N[C@@H](C)c1ccc(Cl)cc1Cl. The maximum Gasteiger partial charge on any atom is 0.309 e. The van der Waals surface area contributed by atoms with Gasteiger partial charge in [-0.15, -0.1) is 0 Å². The number of benzene rings is 1. The van der Waals surface area contributed by atoms with Crippen LogP contribution in [0.5, 0.6) is 0 Å². The van der Waals surface area contributed by atoms with Gasteiger partial charge in [0.1, 0.15) is 0 Å². The van der Waals surface area contributed by atoms with E-state index in [4.69, 9.17) is 27.9 Å². The molecule has 1 aromatic rings. The molecule has 4 atom stereocenters. The first kappa shape index (κ1) is 17.1. The molecule has 6 heteroatoms. The number of nitrogens with one attached hydrogen (secondary N) is 1. The van der Waals surface area contributed by atoms with E-state index in [0.717, 1.165) is 12.0 Å². The average Bonchev–Trinajstić information content (AvgIpc) is 3.15. The van der Waals surface area contributed by atoms with Crippen LogP contribution in [0.15, 0.2) is 18.2 Å². The molecule has 1 aliphatic carbocycles. The number of carbonyl (C=O) groups is 2. The molecule has 1 saturated carbocycles. The van der Waals surface area contributed by atoms with Crippen molar-refractivity contribution < 1.29 is 14.3 Å². The number of carbonyl (C=O) groups excluding carboxylic acids is 2. The highest BCUT2D eigenvalue weighted by atomic mass is 35.5. The number of rotatable bonds is 5. The maximum atomic E-state index is 12.1. The summed E-state index contributed by atoms with van der Waals surface area (Å²) in [6.07, 6.45) is 0.0121. The molecular formula is C16H19Cl2NO3. The van der Waals surface area contributed by atoms with Crippen molar-refractivity contribution in [3.63, 3.8) is 0 Å². The van der Waals surface area contributed by atoms with E-state index in [1.807, 2.05) is 13.8 Å². The zero-order chi connectivity index (χ0) is 16.4. The molecule has 2 rings (SSSR count). The van der Waals surface area contributed by atoms with Crippen molar-refractivity contribution in [3.05, 3.63) is 33.8 Å². The van der Waals surface area contributed by atoms with Gasteiger partial charge in [-0.3, -0.25) is 9.59 Å². The number of amides is 1. The van der Waals surface area contributed by atoms with E-state index in [1.54, 1.807) is 25.1 Å². The molecule has 0 unspecified atom stereocenters. The van der Waals surface area contributed by atoms with Gasteiger partial charge in [0.05, 0.1) is 12.0 Å². The van der Waals surface area contributed by atoms with Gasteiger partial charge in [0.15, 0.2) is 6.10 Å². The second kappa shape index (κ2) is 6.88. The number of hydrogen-bond donors (Lipinski definition) is 1. The molecule has 1 aliphatic rings. The lowest BCUT2D eigenvalue weighted by atomic mass is 10.1. The summed E-state index contributed by atoms with van der Waals surface area (Å²) in [6, 6.07) is 4.79. The van der Waals surface area contributed by atoms with Crippen LogP contribution in [0.1, 0.15) is 38.8 Å². The molecule has 1 fully saturated rings. The van der Waals surface area contributed by atoms with Gasteiger partial charge in [-0.25, -0.2) is 0 Å². The molecule has 1 N–H and O–H groups in total. The zero-order valence-corrected chi connectivity index (χ0v) is 14.2. The number of ether oxygens (including phenoxy) is 1. The Labute approximate surface area is 140 Å². The van der Waals surface area contributed by atoms with Crippen LogP contribution in [-0.4, -0.2) is 18.0 Å². The van der Waals surface area contributed by atoms with Crippen molar-refractivity contribution in [2.75, 3.05) is 0 Å². The summed E-state index contributed by atoms with van der Waals surface area (Å²) in [7, 11) is 0. The van der Waals surface area contributed by atoms with Crippen LogP contribution in [0.25, 0.3) is 0 Å². The van der Waals surface area contributed by atoms with Gasteiger partial charge in [0.2, 0.25) is 0 Å². The summed E-state index contributed by atoms with van der Waals surface area (Å²) in [5.41, 5.74) is 0.758. The number of hydrogen-bond acceptors (Lipinski definition) is 3. The van der Waals surface area contributed by atoms with Gasteiger partial charge in [-0.1, -0.05) is 36.2 Å². The van der Waals surface area contributed by atoms with Gasteiger partial charge in [0, 0.05) is 10.0 Å². The molecule has 0 radical (unpaired) electrons. The molecule has 0 saturated heterocycles. The Morgan fingerprint density at radius 2 is 1.95 bits per heavy atom. The lowest BCUT2D eigenvalue weighted by Crippen LogP contribution is -2.37. The second-order valence-corrected chi connectivity index (χ2v) is 6.64. The normalized spacial score (nSPS) is 22.6.